The number of rotatable bonds is 8. The fraction of sp³-hybridized carbons (Fsp3) is 0.333. The van der Waals surface area contributed by atoms with Gasteiger partial charge in [0.2, 0.25) is 11.8 Å². The molecule has 2 rings (SSSR count). The maximum absolute atomic E-state index is 13.0. The predicted octanol–water partition coefficient (Wildman–Crippen LogP) is 3.94. The number of carbonyl (C=O) groups excluding carboxylic acids is 2. The van der Waals surface area contributed by atoms with E-state index >= 15 is 0 Å². The minimum atomic E-state index is -0.531. The van der Waals surface area contributed by atoms with Crippen molar-refractivity contribution in [2.24, 2.45) is 0 Å². The molecule has 1 N–H and O–H groups in total. The maximum Gasteiger partial charge on any atom is 0.242 e. The number of halogens is 1. The van der Waals surface area contributed by atoms with Gasteiger partial charge in [-0.05, 0) is 36.6 Å². The minimum Gasteiger partial charge on any atom is -0.354 e. The van der Waals surface area contributed by atoms with E-state index in [1.165, 1.54) is 0 Å². The van der Waals surface area contributed by atoms with Crippen molar-refractivity contribution in [3.05, 3.63) is 70.2 Å². The summed E-state index contributed by atoms with van der Waals surface area (Å²) in [6.07, 6.45) is 1.14. The van der Waals surface area contributed by atoms with Gasteiger partial charge in [-0.15, -0.1) is 0 Å². The Bertz CT molecular complexity index is 734. The van der Waals surface area contributed by atoms with Gasteiger partial charge in [0.1, 0.15) is 6.04 Å². The smallest absolute Gasteiger partial charge is 0.242 e. The van der Waals surface area contributed by atoms with Gasteiger partial charge in [0.05, 0.1) is 6.42 Å². The van der Waals surface area contributed by atoms with E-state index < -0.39 is 6.04 Å². The molecular weight excluding hydrogens is 392 g/mol. The number of benzene rings is 2. The topological polar surface area (TPSA) is 49.4 Å². The Balaban J connectivity index is 2.19. The highest BCUT2D eigenvalue weighted by Gasteiger charge is 2.25. The van der Waals surface area contributed by atoms with Crippen LogP contribution in [0.3, 0.4) is 0 Å². The SMILES string of the molecule is CCCNC(=O)[C@@H](C)N(Cc1cccc(Br)c1)C(=O)Cc1ccccc1. The molecule has 0 spiro atoms. The van der Waals surface area contributed by atoms with Crippen molar-refractivity contribution in [3.63, 3.8) is 0 Å². The van der Waals surface area contributed by atoms with E-state index in [0.29, 0.717) is 13.1 Å². The molecule has 0 saturated heterocycles. The van der Waals surface area contributed by atoms with Crippen LogP contribution < -0.4 is 5.32 Å². The Morgan fingerprint density at radius 3 is 2.42 bits per heavy atom. The third-order valence-electron chi connectivity index (χ3n) is 4.16. The largest absolute Gasteiger partial charge is 0.354 e. The third-order valence-corrected chi connectivity index (χ3v) is 4.65. The van der Waals surface area contributed by atoms with E-state index in [1.54, 1.807) is 11.8 Å². The Hall–Kier alpha value is -2.14. The van der Waals surface area contributed by atoms with E-state index in [2.05, 4.69) is 21.2 Å². The summed E-state index contributed by atoms with van der Waals surface area (Å²) < 4.78 is 0.952. The Morgan fingerprint density at radius 1 is 1.08 bits per heavy atom. The van der Waals surface area contributed by atoms with Crippen LogP contribution in [0.25, 0.3) is 0 Å². The van der Waals surface area contributed by atoms with Gasteiger partial charge in [-0.2, -0.15) is 0 Å². The first kappa shape index (κ1) is 20.2. The molecule has 4 nitrogen and oxygen atoms in total. The monoisotopic (exact) mass is 416 g/mol. The van der Waals surface area contributed by atoms with Gasteiger partial charge in [0, 0.05) is 17.6 Å². The van der Waals surface area contributed by atoms with Gasteiger partial charge < -0.3 is 10.2 Å². The van der Waals surface area contributed by atoms with Gasteiger partial charge >= 0.3 is 0 Å². The molecule has 2 amide bonds. The van der Waals surface area contributed by atoms with E-state index in [9.17, 15) is 9.59 Å². The van der Waals surface area contributed by atoms with E-state index in [4.69, 9.17) is 0 Å². The van der Waals surface area contributed by atoms with Crippen LogP contribution in [-0.2, 0) is 22.6 Å². The molecule has 1 atom stereocenters. The van der Waals surface area contributed by atoms with Crippen molar-refractivity contribution in [2.45, 2.75) is 39.3 Å². The van der Waals surface area contributed by atoms with Gasteiger partial charge in [-0.25, -0.2) is 0 Å². The molecular formula is C21H25BrN2O2. The molecule has 26 heavy (non-hydrogen) atoms. The lowest BCUT2D eigenvalue weighted by molar-refractivity contribution is -0.140. The van der Waals surface area contributed by atoms with Gasteiger partial charge in [-0.3, -0.25) is 9.59 Å². The van der Waals surface area contributed by atoms with E-state index in [-0.39, 0.29) is 18.2 Å². The summed E-state index contributed by atoms with van der Waals surface area (Å²) in [5.41, 5.74) is 1.92. The molecule has 0 aliphatic rings. The standard InChI is InChI=1S/C21H25BrN2O2/c1-3-12-23-21(26)16(2)24(15-18-10-7-11-19(22)13-18)20(25)14-17-8-5-4-6-9-17/h4-11,13,16H,3,12,14-15H2,1-2H3,(H,23,26)/t16-/m1/s1. The second kappa shape index (κ2) is 10.1. The molecule has 0 aliphatic carbocycles. The summed E-state index contributed by atoms with van der Waals surface area (Å²) in [4.78, 5) is 27.1. The van der Waals surface area contributed by atoms with E-state index in [0.717, 1.165) is 22.0 Å². The summed E-state index contributed by atoms with van der Waals surface area (Å²) >= 11 is 3.46. The molecule has 0 aromatic heterocycles. The van der Waals surface area contributed by atoms with E-state index in [1.807, 2.05) is 61.5 Å². The molecule has 0 fully saturated rings. The summed E-state index contributed by atoms with van der Waals surface area (Å²) in [6, 6.07) is 16.9. The number of nitrogens with zero attached hydrogens (tertiary/aromatic N) is 1. The lowest BCUT2D eigenvalue weighted by Gasteiger charge is -2.29. The summed E-state index contributed by atoms with van der Waals surface area (Å²) in [6.45, 7) is 4.79. The molecule has 2 aromatic carbocycles. The first-order valence-corrected chi connectivity index (χ1v) is 9.66. The average Bonchev–Trinajstić information content (AvgIpc) is 2.64. The zero-order valence-corrected chi connectivity index (χ0v) is 16.8. The third kappa shape index (κ3) is 5.99. The number of carbonyl (C=O) groups is 2. The van der Waals surface area contributed by atoms with Crippen LogP contribution in [0, 0.1) is 0 Å². The predicted molar refractivity (Wildman–Crippen MR) is 108 cm³/mol. The van der Waals surface area contributed by atoms with Crippen molar-refractivity contribution < 1.29 is 9.59 Å². The molecule has 0 aliphatic heterocycles. The Kier molecular flexibility index (Phi) is 7.85. The van der Waals surface area contributed by atoms with Crippen LogP contribution in [0.4, 0.5) is 0 Å². The minimum absolute atomic E-state index is 0.0599. The molecule has 0 radical (unpaired) electrons. The molecule has 2 aromatic rings. The van der Waals surface area contributed by atoms with Crippen LogP contribution in [0.2, 0.25) is 0 Å². The summed E-state index contributed by atoms with van der Waals surface area (Å²) in [5, 5.41) is 2.89. The number of amides is 2. The molecule has 0 bridgehead atoms. The van der Waals surface area contributed by atoms with Gasteiger partial charge in [0.25, 0.3) is 0 Å². The van der Waals surface area contributed by atoms with Crippen molar-refractivity contribution in [1.82, 2.24) is 10.2 Å². The Morgan fingerprint density at radius 2 is 1.77 bits per heavy atom. The average molecular weight is 417 g/mol. The zero-order chi connectivity index (χ0) is 18.9. The molecule has 0 heterocycles. The number of hydrogen-bond acceptors (Lipinski definition) is 2. The van der Waals surface area contributed by atoms with Crippen molar-refractivity contribution in [3.8, 4) is 0 Å². The number of hydrogen-bond donors (Lipinski definition) is 1. The highest BCUT2D eigenvalue weighted by atomic mass is 79.9. The lowest BCUT2D eigenvalue weighted by Crippen LogP contribution is -2.48. The lowest BCUT2D eigenvalue weighted by atomic mass is 10.1. The fourth-order valence-electron chi connectivity index (χ4n) is 2.68. The van der Waals surface area contributed by atoms with Gasteiger partial charge in [-0.1, -0.05) is 65.3 Å². The van der Waals surface area contributed by atoms with Crippen molar-refractivity contribution in [2.75, 3.05) is 6.54 Å². The molecule has 138 valence electrons. The molecule has 5 heteroatoms. The maximum atomic E-state index is 13.0. The first-order chi connectivity index (χ1) is 12.5. The van der Waals surface area contributed by atoms with Crippen LogP contribution in [-0.4, -0.2) is 29.3 Å². The molecule has 0 saturated carbocycles. The normalized spacial score (nSPS) is 11.7. The van der Waals surface area contributed by atoms with Crippen LogP contribution in [0.5, 0.6) is 0 Å². The fourth-order valence-corrected chi connectivity index (χ4v) is 3.13. The van der Waals surface area contributed by atoms with Crippen LogP contribution in [0.15, 0.2) is 59.1 Å². The summed E-state index contributed by atoms with van der Waals surface area (Å²) in [7, 11) is 0. The quantitative estimate of drug-likeness (QED) is 0.708. The van der Waals surface area contributed by atoms with Gasteiger partial charge in [0.15, 0.2) is 0 Å². The summed E-state index contributed by atoms with van der Waals surface area (Å²) in [5.74, 6) is -0.182. The second-order valence-electron chi connectivity index (χ2n) is 6.28. The van der Waals surface area contributed by atoms with Crippen molar-refractivity contribution >= 4 is 27.7 Å². The van der Waals surface area contributed by atoms with Crippen molar-refractivity contribution in [1.29, 1.82) is 0 Å². The first-order valence-electron chi connectivity index (χ1n) is 8.86. The highest BCUT2D eigenvalue weighted by Crippen LogP contribution is 2.16. The molecule has 0 unspecified atom stereocenters. The van der Waals surface area contributed by atoms with Crippen LogP contribution >= 0.6 is 15.9 Å². The second-order valence-corrected chi connectivity index (χ2v) is 7.20. The zero-order valence-electron chi connectivity index (χ0n) is 15.2. The Labute approximate surface area is 163 Å². The van der Waals surface area contributed by atoms with Crippen LogP contribution in [0.1, 0.15) is 31.4 Å². The highest BCUT2D eigenvalue weighted by molar-refractivity contribution is 9.10. The number of nitrogens with one attached hydrogen (secondary N) is 1.